The quantitative estimate of drug-likeness (QED) is 0.805. The Morgan fingerprint density at radius 3 is 2.68 bits per heavy atom. The molecular formula is C21H22F2N2O3. The van der Waals surface area contributed by atoms with Gasteiger partial charge in [-0.05, 0) is 43.2 Å². The molecular weight excluding hydrogens is 366 g/mol. The Hall–Kier alpha value is -2.38. The van der Waals surface area contributed by atoms with Crippen LogP contribution in [0.25, 0.3) is 0 Å². The van der Waals surface area contributed by atoms with Crippen LogP contribution in [0.3, 0.4) is 0 Å². The molecule has 1 amide bonds. The molecule has 4 rings (SSSR count). The highest BCUT2D eigenvalue weighted by atomic mass is 19.2. The second kappa shape index (κ2) is 7.56. The minimum Gasteiger partial charge on any atom is -0.350 e. The van der Waals surface area contributed by atoms with Gasteiger partial charge in [-0.3, -0.25) is 9.69 Å². The second-order valence-electron chi connectivity index (χ2n) is 7.40. The molecule has 0 saturated carbocycles. The first-order chi connectivity index (χ1) is 13.5. The Morgan fingerprint density at radius 1 is 1.18 bits per heavy atom. The predicted molar refractivity (Wildman–Crippen MR) is 98.9 cm³/mol. The fourth-order valence-electron chi connectivity index (χ4n) is 4.03. The molecule has 0 radical (unpaired) electrons. The number of nitrogens with zero attached hydrogens (tertiary/aromatic N) is 2. The van der Waals surface area contributed by atoms with Crippen molar-refractivity contribution < 1.29 is 23.0 Å². The third-order valence-electron chi connectivity index (χ3n) is 5.51. The molecule has 0 N–H and O–H groups in total. The lowest BCUT2D eigenvalue weighted by molar-refractivity contribution is -0.121. The van der Waals surface area contributed by atoms with Crippen molar-refractivity contribution >= 4 is 11.7 Å². The third kappa shape index (κ3) is 3.64. The summed E-state index contributed by atoms with van der Waals surface area (Å²) in [6.07, 6.45) is 0.797. The number of carbonyl (C=O) groups excluding carboxylic acids is 1. The normalized spacial score (nSPS) is 23.4. The van der Waals surface area contributed by atoms with Crippen molar-refractivity contribution in [2.24, 2.45) is 0 Å². The predicted octanol–water partition coefficient (Wildman–Crippen LogP) is 3.50. The molecule has 3 heterocycles. The molecule has 1 atom stereocenters. The van der Waals surface area contributed by atoms with Crippen LogP contribution in [0.5, 0.6) is 0 Å². The van der Waals surface area contributed by atoms with Crippen molar-refractivity contribution in [3.8, 4) is 0 Å². The van der Waals surface area contributed by atoms with Crippen LogP contribution in [0.2, 0.25) is 0 Å². The Kier molecular flexibility index (Phi) is 5.12. The summed E-state index contributed by atoms with van der Waals surface area (Å²) in [5.41, 5.74) is 0.815. The summed E-state index contributed by atoms with van der Waals surface area (Å²) in [5, 5.41) is 0. The van der Waals surface area contributed by atoms with Crippen molar-refractivity contribution in [1.82, 2.24) is 4.98 Å². The summed E-state index contributed by atoms with van der Waals surface area (Å²) < 4.78 is 38.8. The number of ether oxygens (including phenoxy) is 2. The topological polar surface area (TPSA) is 51.7 Å². The highest BCUT2D eigenvalue weighted by Gasteiger charge is 2.44. The number of hydrogen-bond donors (Lipinski definition) is 0. The average molecular weight is 388 g/mol. The van der Waals surface area contributed by atoms with Gasteiger partial charge < -0.3 is 9.47 Å². The zero-order chi connectivity index (χ0) is 19.7. The minimum absolute atomic E-state index is 0.0374. The SMILES string of the molecule is Cc1cccc(N2C[C@@](CC3OCCO3)(c3ccc(F)c(F)c3)CCC2=O)n1. The van der Waals surface area contributed by atoms with E-state index in [9.17, 15) is 13.6 Å². The average Bonchev–Trinajstić information content (AvgIpc) is 3.18. The standard InChI is InChI=1S/C21H22F2N2O3/c1-14-3-2-4-18(24-14)25-13-21(8-7-19(25)26,12-20-27-9-10-28-20)15-5-6-16(22)17(23)11-15/h2-6,11,20H,7-10,12-13H2,1H3/t21-/m1/s1. The molecule has 0 unspecified atom stereocenters. The fraction of sp³-hybridized carbons (Fsp3) is 0.429. The van der Waals surface area contributed by atoms with E-state index in [2.05, 4.69) is 4.98 Å². The van der Waals surface area contributed by atoms with Crippen LogP contribution in [0.15, 0.2) is 36.4 Å². The lowest BCUT2D eigenvalue weighted by atomic mass is 9.71. The molecule has 28 heavy (non-hydrogen) atoms. The molecule has 2 aliphatic heterocycles. The van der Waals surface area contributed by atoms with Gasteiger partial charge in [-0.25, -0.2) is 13.8 Å². The zero-order valence-corrected chi connectivity index (χ0v) is 15.7. The Bertz CT molecular complexity index is 886. The van der Waals surface area contributed by atoms with Gasteiger partial charge in [0, 0.05) is 30.5 Å². The van der Waals surface area contributed by atoms with Crippen molar-refractivity contribution in [2.75, 3.05) is 24.7 Å². The maximum Gasteiger partial charge on any atom is 0.228 e. The molecule has 2 saturated heterocycles. The number of aromatic nitrogens is 1. The minimum atomic E-state index is -0.901. The maximum atomic E-state index is 14.0. The smallest absolute Gasteiger partial charge is 0.228 e. The molecule has 5 nitrogen and oxygen atoms in total. The van der Waals surface area contributed by atoms with Crippen LogP contribution in [-0.2, 0) is 19.7 Å². The number of rotatable bonds is 4. The van der Waals surface area contributed by atoms with Crippen LogP contribution >= 0.6 is 0 Å². The van der Waals surface area contributed by atoms with Crippen molar-refractivity contribution in [2.45, 2.75) is 37.9 Å². The van der Waals surface area contributed by atoms with E-state index in [0.29, 0.717) is 44.0 Å². The molecule has 1 aromatic heterocycles. The van der Waals surface area contributed by atoms with E-state index in [1.54, 1.807) is 17.0 Å². The highest BCUT2D eigenvalue weighted by molar-refractivity contribution is 5.93. The van der Waals surface area contributed by atoms with E-state index >= 15 is 0 Å². The van der Waals surface area contributed by atoms with Crippen LogP contribution < -0.4 is 4.90 Å². The Labute approximate surface area is 162 Å². The van der Waals surface area contributed by atoms with Gasteiger partial charge >= 0.3 is 0 Å². The van der Waals surface area contributed by atoms with Crippen LogP contribution in [0.4, 0.5) is 14.6 Å². The molecule has 0 bridgehead atoms. The summed E-state index contributed by atoms with van der Waals surface area (Å²) in [6, 6.07) is 9.44. The number of piperidine rings is 1. The second-order valence-corrected chi connectivity index (χ2v) is 7.40. The number of pyridine rings is 1. The molecule has 0 aliphatic carbocycles. The molecule has 2 aliphatic rings. The third-order valence-corrected chi connectivity index (χ3v) is 5.51. The van der Waals surface area contributed by atoms with E-state index in [1.165, 1.54) is 6.07 Å². The Balaban J connectivity index is 1.73. The summed E-state index contributed by atoms with van der Waals surface area (Å²) in [4.78, 5) is 18.8. The number of halogens is 2. The molecule has 1 aromatic carbocycles. The molecule has 7 heteroatoms. The summed E-state index contributed by atoms with van der Waals surface area (Å²) in [5.74, 6) is -1.27. The van der Waals surface area contributed by atoms with Gasteiger partial charge in [0.2, 0.25) is 5.91 Å². The lowest BCUT2D eigenvalue weighted by Gasteiger charge is -2.43. The van der Waals surface area contributed by atoms with E-state index in [4.69, 9.17) is 9.47 Å². The first kappa shape index (κ1) is 19.0. The van der Waals surface area contributed by atoms with Gasteiger partial charge in [-0.15, -0.1) is 0 Å². The summed E-state index contributed by atoms with van der Waals surface area (Å²) in [6.45, 7) is 3.17. The highest BCUT2D eigenvalue weighted by Crippen LogP contribution is 2.41. The Morgan fingerprint density at radius 2 is 1.96 bits per heavy atom. The van der Waals surface area contributed by atoms with Crippen molar-refractivity contribution in [3.05, 3.63) is 59.3 Å². The first-order valence-electron chi connectivity index (χ1n) is 9.40. The van der Waals surface area contributed by atoms with E-state index in [1.807, 2.05) is 19.1 Å². The van der Waals surface area contributed by atoms with Gasteiger partial charge in [0.05, 0.1) is 13.2 Å². The lowest BCUT2D eigenvalue weighted by Crippen LogP contribution is -2.51. The fourth-order valence-corrected chi connectivity index (χ4v) is 4.03. The number of benzene rings is 1. The van der Waals surface area contributed by atoms with Crippen molar-refractivity contribution in [1.29, 1.82) is 0 Å². The number of carbonyl (C=O) groups is 1. The number of aryl methyl sites for hydroxylation is 1. The number of hydrogen-bond acceptors (Lipinski definition) is 4. The number of amides is 1. The van der Waals surface area contributed by atoms with Crippen LogP contribution in [0.1, 0.15) is 30.5 Å². The van der Waals surface area contributed by atoms with Crippen LogP contribution in [-0.4, -0.2) is 36.9 Å². The van der Waals surface area contributed by atoms with Gasteiger partial charge in [0.15, 0.2) is 17.9 Å². The largest absolute Gasteiger partial charge is 0.350 e. The van der Waals surface area contributed by atoms with Gasteiger partial charge in [-0.2, -0.15) is 0 Å². The zero-order valence-electron chi connectivity index (χ0n) is 15.7. The molecule has 2 fully saturated rings. The van der Waals surface area contributed by atoms with E-state index in [-0.39, 0.29) is 12.3 Å². The maximum absolute atomic E-state index is 14.0. The van der Waals surface area contributed by atoms with Gasteiger partial charge in [0.25, 0.3) is 0 Å². The van der Waals surface area contributed by atoms with E-state index < -0.39 is 23.3 Å². The van der Waals surface area contributed by atoms with Gasteiger partial charge in [0.1, 0.15) is 5.82 Å². The first-order valence-corrected chi connectivity index (χ1v) is 9.40. The number of anilines is 1. The van der Waals surface area contributed by atoms with Crippen molar-refractivity contribution in [3.63, 3.8) is 0 Å². The molecule has 0 spiro atoms. The summed E-state index contributed by atoms with van der Waals surface area (Å²) >= 11 is 0. The van der Waals surface area contributed by atoms with E-state index in [0.717, 1.165) is 11.8 Å². The van der Waals surface area contributed by atoms with Crippen LogP contribution in [0, 0.1) is 18.6 Å². The molecule has 148 valence electrons. The summed E-state index contributed by atoms with van der Waals surface area (Å²) in [7, 11) is 0. The molecule has 2 aromatic rings. The van der Waals surface area contributed by atoms with Gasteiger partial charge in [-0.1, -0.05) is 12.1 Å². The monoisotopic (exact) mass is 388 g/mol.